The minimum absolute atomic E-state index is 0.260. The third kappa shape index (κ3) is 0.932. The summed E-state index contributed by atoms with van der Waals surface area (Å²) in [4.78, 5) is 0. The smallest absolute Gasteiger partial charge is 0.170 e. The van der Waals surface area contributed by atoms with Gasteiger partial charge < -0.3 is 10.4 Å². The molecule has 2 N–H and O–H groups in total. The number of benzene rings is 1. The van der Waals surface area contributed by atoms with Gasteiger partial charge in [0, 0.05) is 17.3 Å². The molecular weight excluding hydrogens is 157 g/mol. The van der Waals surface area contributed by atoms with Crippen LogP contribution in [0.2, 0.25) is 0 Å². The molecule has 0 bridgehead atoms. The molecule has 2 nitrogen and oxygen atoms in total. The lowest BCUT2D eigenvalue weighted by molar-refractivity contribution is 0.429. The van der Waals surface area contributed by atoms with Crippen molar-refractivity contribution in [1.82, 2.24) is 0 Å². The molecule has 0 aliphatic carbocycles. The van der Waals surface area contributed by atoms with Gasteiger partial charge in [0.15, 0.2) is 11.6 Å². The molecule has 1 aromatic carbocycles. The molecule has 0 saturated heterocycles. The van der Waals surface area contributed by atoms with Gasteiger partial charge in [0.25, 0.3) is 0 Å². The third-order valence-corrected chi connectivity index (χ3v) is 2.14. The summed E-state index contributed by atoms with van der Waals surface area (Å²) in [7, 11) is 0. The molecule has 0 fully saturated rings. The summed E-state index contributed by atoms with van der Waals surface area (Å²) in [5.41, 5.74) is 1.40. The van der Waals surface area contributed by atoms with E-state index in [2.05, 4.69) is 5.32 Å². The van der Waals surface area contributed by atoms with Crippen LogP contribution in [0.15, 0.2) is 12.1 Å². The maximum Gasteiger partial charge on any atom is 0.170 e. The van der Waals surface area contributed by atoms with E-state index in [4.69, 9.17) is 5.11 Å². The molecule has 0 radical (unpaired) electrons. The second kappa shape index (κ2) is 2.37. The van der Waals surface area contributed by atoms with Crippen LogP contribution in [0.3, 0.4) is 0 Å². The van der Waals surface area contributed by atoms with Gasteiger partial charge in [-0.2, -0.15) is 0 Å². The number of nitrogens with one attached hydrogen (secondary N) is 1. The number of aromatic hydroxyl groups is 1. The Morgan fingerprint density at radius 2 is 2.33 bits per heavy atom. The molecule has 0 aromatic heterocycles. The van der Waals surface area contributed by atoms with Crippen molar-refractivity contribution >= 4 is 5.69 Å². The van der Waals surface area contributed by atoms with Crippen LogP contribution in [-0.4, -0.2) is 11.1 Å². The first kappa shape index (κ1) is 7.40. The monoisotopic (exact) mass is 167 g/mol. The van der Waals surface area contributed by atoms with Gasteiger partial charge in [-0.3, -0.25) is 0 Å². The Bertz CT molecular complexity index is 325. The standard InChI is InChI=1S/C9H10FNO/c1-5-4-6-7(11-5)2-3-8(12)9(6)10/h2-3,5,11-12H,4H2,1H3/t5-/m0/s1. The van der Waals surface area contributed by atoms with Gasteiger partial charge in [-0.1, -0.05) is 0 Å². The topological polar surface area (TPSA) is 32.3 Å². The Labute approximate surface area is 70.0 Å². The predicted molar refractivity (Wildman–Crippen MR) is 44.9 cm³/mol. The number of hydrogen-bond donors (Lipinski definition) is 2. The molecule has 3 heteroatoms. The predicted octanol–water partition coefficient (Wildman–Crippen LogP) is 1.89. The van der Waals surface area contributed by atoms with Crippen LogP contribution >= 0.6 is 0 Å². The molecule has 1 aromatic rings. The minimum Gasteiger partial charge on any atom is -0.505 e. The van der Waals surface area contributed by atoms with Gasteiger partial charge >= 0.3 is 0 Å². The van der Waals surface area contributed by atoms with Crippen molar-refractivity contribution in [1.29, 1.82) is 0 Å². The summed E-state index contributed by atoms with van der Waals surface area (Å²) in [5, 5.41) is 12.2. The fourth-order valence-corrected chi connectivity index (χ4v) is 1.57. The zero-order chi connectivity index (χ0) is 8.72. The van der Waals surface area contributed by atoms with Crippen molar-refractivity contribution in [2.45, 2.75) is 19.4 Å². The van der Waals surface area contributed by atoms with Crippen molar-refractivity contribution in [3.63, 3.8) is 0 Å². The Balaban J connectivity index is 2.54. The second-order valence-electron chi connectivity index (χ2n) is 3.17. The van der Waals surface area contributed by atoms with Crippen LogP contribution in [0.4, 0.5) is 10.1 Å². The molecule has 12 heavy (non-hydrogen) atoms. The molecule has 64 valence electrons. The van der Waals surface area contributed by atoms with Gasteiger partial charge in [0.2, 0.25) is 0 Å². The Morgan fingerprint density at radius 3 is 3.08 bits per heavy atom. The number of phenols is 1. The van der Waals surface area contributed by atoms with E-state index in [9.17, 15) is 4.39 Å². The van der Waals surface area contributed by atoms with Crippen LogP contribution in [0.1, 0.15) is 12.5 Å². The van der Waals surface area contributed by atoms with Crippen LogP contribution in [-0.2, 0) is 6.42 Å². The van der Waals surface area contributed by atoms with E-state index in [1.807, 2.05) is 6.92 Å². The largest absolute Gasteiger partial charge is 0.505 e. The number of halogens is 1. The molecule has 0 unspecified atom stereocenters. The number of hydrogen-bond acceptors (Lipinski definition) is 2. The van der Waals surface area contributed by atoms with E-state index in [0.29, 0.717) is 12.0 Å². The summed E-state index contributed by atoms with van der Waals surface area (Å²) in [6, 6.07) is 3.34. The van der Waals surface area contributed by atoms with Crippen LogP contribution in [0, 0.1) is 5.82 Å². The minimum atomic E-state index is -0.482. The molecule has 0 saturated carbocycles. The number of phenolic OH excluding ortho intramolecular Hbond substituents is 1. The summed E-state index contributed by atoms with van der Waals surface area (Å²) < 4.78 is 13.2. The SMILES string of the molecule is C[C@H]1Cc2c(ccc(O)c2F)N1. The molecule has 0 amide bonds. The van der Waals surface area contributed by atoms with Crippen LogP contribution in [0.25, 0.3) is 0 Å². The number of rotatable bonds is 0. The molecule has 1 heterocycles. The number of fused-ring (bicyclic) bond motifs is 1. The molecule has 0 spiro atoms. The highest BCUT2D eigenvalue weighted by atomic mass is 19.1. The van der Waals surface area contributed by atoms with E-state index < -0.39 is 5.82 Å². The summed E-state index contributed by atoms with van der Waals surface area (Å²) in [6.45, 7) is 1.98. The van der Waals surface area contributed by atoms with Crippen molar-refractivity contribution < 1.29 is 9.50 Å². The van der Waals surface area contributed by atoms with Crippen molar-refractivity contribution in [2.24, 2.45) is 0 Å². The fourth-order valence-electron chi connectivity index (χ4n) is 1.57. The van der Waals surface area contributed by atoms with E-state index in [1.54, 1.807) is 6.07 Å². The lowest BCUT2D eigenvalue weighted by Crippen LogP contribution is -2.08. The molecule has 1 aliphatic rings. The lowest BCUT2D eigenvalue weighted by atomic mass is 10.1. The van der Waals surface area contributed by atoms with Gasteiger partial charge in [-0.05, 0) is 25.5 Å². The van der Waals surface area contributed by atoms with E-state index in [-0.39, 0.29) is 11.8 Å². The summed E-state index contributed by atoms with van der Waals surface area (Å²) in [5.74, 6) is -0.742. The van der Waals surface area contributed by atoms with Crippen molar-refractivity contribution in [3.05, 3.63) is 23.5 Å². The highest BCUT2D eigenvalue weighted by Gasteiger charge is 2.21. The third-order valence-electron chi connectivity index (χ3n) is 2.14. The first-order chi connectivity index (χ1) is 5.68. The molecule has 1 aliphatic heterocycles. The van der Waals surface area contributed by atoms with Crippen molar-refractivity contribution in [3.8, 4) is 5.75 Å². The first-order valence-electron chi connectivity index (χ1n) is 3.95. The average Bonchev–Trinajstić information content (AvgIpc) is 2.39. The first-order valence-corrected chi connectivity index (χ1v) is 3.95. The Hall–Kier alpha value is -1.25. The zero-order valence-corrected chi connectivity index (χ0v) is 6.76. The fraction of sp³-hybridized carbons (Fsp3) is 0.333. The maximum atomic E-state index is 13.2. The van der Waals surface area contributed by atoms with Gasteiger partial charge in [0.05, 0.1) is 0 Å². The summed E-state index contributed by atoms with van der Waals surface area (Å²) >= 11 is 0. The maximum absolute atomic E-state index is 13.2. The molecular formula is C9H10FNO. The van der Waals surface area contributed by atoms with Gasteiger partial charge in [-0.15, -0.1) is 0 Å². The highest BCUT2D eigenvalue weighted by Crippen LogP contribution is 2.32. The molecule has 2 rings (SSSR count). The highest BCUT2D eigenvalue weighted by molar-refractivity contribution is 5.59. The number of anilines is 1. The van der Waals surface area contributed by atoms with Crippen LogP contribution in [0.5, 0.6) is 5.75 Å². The van der Waals surface area contributed by atoms with Gasteiger partial charge in [-0.25, -0.2) is 4.39 Å². The average molecular weight is 167 g/mol. The van der Waals surface area contributed by atoms with Crippen LogP contribution < -0.4 is 5.32 Å². The van der Waals surface area contributed by atoms with Crippen molar-refractivity contribution in [2.75, 3.05) is 5.32 Å². The van der Waals surface area contributed by atoms with E-state index in [0.717, 1.165) is 5.69 Å². The zero-order valence-electron chi connectivity index (χ0n) is 6.76. The second-order valence-corrected chi connectivity index (χ2v) is 3.17. The lowest BCUT2D eigenvalue weighted by Gasteiger charge is -2.02. The summed E-state index contributed by atoms with van der Waals surface area (Å²) in [6.07, 6.45) is 0.648. The molecule has 1 atom stereocenters. The normalized spacial score (nSPS) is 20.3. The van der Waals surface area contributed by atoms with E-state index >= 15 is 0 Å². The quantitative estimate of drug-likeness (QED) is 0.578. The Kier molecular flexibility index (Phi) is 1.46. The van der Waals surface area contributed by atoms with Gasteiger partial charge in [0.1, 0.15) is 0 Å². The van der Waals surface area contributed by atoms with E-state index in [1.165, 1.54) is 6.07 Å². The Morgan fingerprint density at radius 1 is 1.58 bits per heavy atom.